The zero-order valence-electron chi connectivity index (χ0n) is 12.5. The van der Waals surface area contributed by atoms with E-state index >= 15 is 0 Å². The molecule has 4 nitrogen and oxygen atoms in total. The Morgan fingerprint density at radius 3 is 3.00 bits per heavy atom. The van der Waals surface area contributed by atoms with Crippen molar-refractivity contribution in [3.63, 3.8) is 0 Å². The highest BCUT2D eigenvalue weighted by Gasteiger charge is 2.13. The highest BCUT2D eigenvalue weighted by Crippen LogP contribution is 2.15. The van der Waals surface area contributed by atoms with Crippen molar-refractivity contribution in [3.8, 4) is 11.8 Å². The molecule has 1 aromatic carbocycles. The van der Waals surface area contributed by atoms with Crippen LogP contribution in [0.2, 0.25) is 0 Å². The maximum absolute atomic E-state index is 11.7. The van der Waals surface area contributed by atoms with Gasteiger partial charge in [-0.15, -0.1) is 0 Å². The highest BCUT2D eigenvalue weighted by molar-refractivity contribution is 5.92. The van der Waals surface area contributed by atoms with Crippen molar-refractivity contribution in [1.82, 2.24) is 0 Å². The van der Waals surface area contributed by atoms with E-state index in [1.54, 1.807) is 6.07 Å². The minimum Gasteiger partial charge on any atom is -0.465 e. The van der Waals surface area contributed by atoms with Crippen LogP contribution in [0.25, 0.3) is 0 Å². The van der Waals surface area contributed by atoms with E-state index in [-0.39, 0.29) is 12.3 Å². The topological polar surface area (TPSA) is 44.8 Å². The second-order valence-electron chi connectivity index (χ2n) is 4.90. The van der Waals surface area contributed by atoms with Gasteiger partial charge < -0.3 is 14.2 Å². The number of esters is 1. The Hall–Kier alpha value is -1.83. The first-order valence-corrected chi connectivity index (χ1v) is 7.12. The summed E-state index contributed by atoms with van der Waals surface area (Å²) in [5.41, 5.74) is 2.12. The van der Waals surface area contributed by atoms with Crippen molar-refractivity contribution < 1.29 is 19.0 Å². The third-order valence-corrected chi connectivity index (χ3v) is 3.37. The first kappa shape index (κ1) is 15.6. The highest BCUT2D eigenvalue weighted by atomic mass is 16.7. The summed E-state index contributed by atoms with van der Waals surface area (Å²) in [4.78, 5) is 11.7. The predicted molar refractivity (Wildman–Crippen MR) is 78.9 cm³/mol. The van der Waals surface area contributed by atoms with E-state index < -0.39 is 0 Å². The Labute approximate surface area is 125 Å². The summed E-state index contributed by atoms with van der Waals surface area (Å²) in [7, 11) is 1.37. The number of benzene rings is 1. The number of hydrogen-bond donors (Lipinski definition) is 0. The van der Waals surface area contributed by atoms with Crippen LogP contribution in [0.3, 0.4) is 0 Å². The molecule has 2 rings (SSSR count). The molecule has 1 atom stereocenters. The first-order valence-electron chi connectivity index (χ1n) is 7.12. The van der Waals surface area contributed by atoms with Gasteiger partial charge in [-0.25, -0.2) is 4.79 Å². The quantitative estimate of drug-likeness (QED) is 0.633. The lowest BCUT2D eigenvalue weighted by molar-refractivity contribution is -0.154. The molecular formula is C17H20O4. The van der Waals surface area contributed by atoms with E-state index in [0.29, 0.717) is 17.7 Å². The normalized spacial score (nSPS) is 17.7. The second kappa shape index (κ2) is 7.82. The van der Waals surface area contributed by atoms with Crippen molar-refractivity contribution in [1.29, 1.82) is 0 Å². The van der Waals surface area contributed by atoms with Crippen LogP contribution in [0, 0.1) is 18.8 Å². The van der Waals surface area contributed by atoms with Gasteiger partial charge in [-0.3, -0.25) is 0 Å². The lowest BCUT2D eigenvalue weighted by atomic mass is 10.0. The average Bonchev–Trinajstić information content (AvgIpc) is 2.53. The maximum atomic E-state index is 11.7. The third-order valence-electron chi connectivity index (χ3n) is 3.37. The van der Waals surface area contributed by atoms with Gasteiger partial charge in [0.1, 0.15) is 6.61 Å². The van der Waals surface area contributed by atoms with Crippen molar-refractivity contribution in [2.75, 3.05) is 20.3 Å². The number of aryl methyl sites for hydroxylation is 1. The van der Waals surface area contributed by atoms with Crippen LogP contribution in [0.1, 0.15) is 40.7 Å². The molecule has 0 N–H and O–H groups in total. The fraction of sp³-hybridized carbons (Fsp3) is 0.471. The van der Waals surface area contributed by atoms with Gasteiger partial charge in [-0.2, -0.15) is 0 Å². The molecule has 21 heavy (non-hydrogen) atoms. The zero-order valence-corrected chi connectivity index (χ0v) is 12.5. The number of ether oxygens (including phenoxy) is 3. The summed E-state index contributed by atoms with van der Waals surface area (Å²) in [5.74, 6) is 5.58. The van der Waals surface area contributed by atoms with Crippen LogP contribution in [-0.2, 0) is 14.2 Å². The minimum atomic E-state index is -0.375. The van der Waals surface area contributed by atoms with Crippen LogP contribution >= 0.6 is 0 Å². The van der Waals surface area contributed by atoms with Gasteiger partial charge >= 0.3 is 5.97 Å². The van der Waals surface area contributed by atoms with Crippen LogP contribution in [0.4, 0.5) is 0 Å². The molecule has 1 aliphatic heterocycles. The summed E-state index contributed by atoms with van der Waals surface area (Å²) in [6, 6.07) is 5.45. The molecule has 0 amide bonds. The molecule has 1 aliphatic rings. The molecule has 0 aromatic heterocycles. The number of methoxy groups -OCH3 is 1. The van der Waals surface area contributed by atoms with Gasteiger partial charge in [0.25, 0.3) is 0 Å². The summed E-state index contributed by atoms with van der Waals surface area (Å²) in [5, 5.41) is 0. The van der Waals surface area contributed by atoms with Crippen molar-refractivity contribution in [3.05, 3.63) is 34.9 Å². The molecule has 0 radical (unpaired) electrons. The molecular weight excluding hydrogens is 268 g/mol. The summed E-state index contributed by atoms with van der Waals surface area (Å²) in [6.45, 7) is 2.96. The standard InChI is InChI=1S/C17H20O4/c1-13-7-5-8-15(17(18)19-2)14(13)9-6-12-21-16-10-3-4-11-20-16/h5,7-8,16H,3-4,10-12H2,1-2H3. The van der Waals surface area contributed by atoms with Gasteiger partial charge in [0.2, 0.25) is 0 Å². The fourth-order valence-electron chi connectivity index (χ4n) is 2.22. The monoisotopic (exact) mass is 288 g/mol. The SMILES string of the molecule is COC(=O)c1cccc(C)c1C#CCOC1CCCCO1. The molecule has 1 aromatic rings. The molecule has 112 valence electrons. The van der Waals surface area contributed by atoms with Gasteiger partial charge in [0.05, 0.1) is 12.7 Å². The molecule has 0 aliphatic carbocycles. The molecule has 1 fully saturated rings. The molecule has 4 heteroatoms. The summed E-state index contributed by atoms with van der Waals surface area (Å²) < 4.78 is 15.8. The van der Waals surface area contributed by atoms with E-state index in [0.717, 1.165) is 31.4 Å². The molecule has 0 saturated carbocycles. The van der Waals surface area contributed by atoms with Gasteiger partial charge in [-0.05, 0) is 37.8 Å². The van der Waals surface area contributed by atoms with E-state index in [2.05, 4.69) is 11.8 Å². The van der Waals surface area contributed by atoms with E-state index in [1.165, 1.54) is 7.11 Å². The zero-order chi connectivity index (χ0) is 15.1. The Balaban J connectivity index is 2.02. The van der Waals surface area contributed by atoms with Crippen LogP contribution in [0.15, 0.2) is 18.2 Å². The summed E-state index contributed by atoms with van der Waals surface area (Å²) >= 11 is 0. The molecule has 1 saturated heterocycles. The number of rotatable bonds is 3. The van der Waals surface area contributed by atoms with Crippen molar-refractivity contribution >= 4 is 5.97 Å². The first-order chi connectivity index (χ1) is 10.2. The molecule has 1 heterocycles. The molecule has 1 unspecified atom stereocenters. The van der Waals surface area contributed by atoms with Gasteiger partial charge in [-0.1, -0.05) is 24.0 Å². The number of carbonyl (C=O) groups excluding carboxylic acids is 1. The predicted octanol–water partition coefficient (Wildman–Crippen LogP) is 2.68. The molecule has 0 spiro atoms. The Morgan fingerprint density at radius 2 is 2.29 bits per heavy atom. The largest absolute Gasteiger partial charge is 0.465 e. The smallest absolute Gasteiger partial charge is 0.339 e. The van der Waals surface area contributed by atoms with Gasteiger partial charge in [0.15, 0.2) is 6.29 Å². The minimum absolute atomic E-state index is 0.148. The lowest BCUT2D eigenvalue weighted by Gasteiger charge is -2.21. The fourth-order valence-corrected chi connectivity index (χ4v) is 2.22. The van der Waals surface area contributed by atoms with Crippen molar-refractivity contribution in [2.45, 2.75) is 32.5 Å². The van der Waals surface area contributed by atoms with Crippen LogP contribution < -0.4 is 0 Å². The Bertz CT molecular complexity index is 548. The Kier molecular flexibility index (Phi) is 5.79. The van der Waals surface area contributed by atoms with Crippen LogP contribution in [-0.4, -0.2) is 32.6 Å². The Morgan fingerprint density at radius 1 is 1.43 bits per heavy atom. The maximum Gasteiger partial charge on any atom is 0.339 e. The van der Waals surface area contributed by atoms with E-state index in [1.807, 2.05) is 19.1 Å². The van der Waals surface area contributed by atoms with E-state index in [4.69, 9.17) is 14.2 Å². The summed E-state index contributed by atoms with van der Waals surface area (Å²) in [6.07, 6.45) is 2.99. The lowest BCUT2D eigenvalue weighted by Crippen LogP contribution is -2.22. The van der Waals surface area contributed by atoms with E-state index in [9.17, 15) is 4.79 Å². The molecule has 0 bridgehead atoms. The van der Waals surface area contributed by atoms with Crippen LogP contribution in [0.5, 0.6) is 0 Å². The third kappa shape index (κ3) is 4.32. The average molecular weight is 288 g/mol. The number of carbonyl (C=O) groups is 1. The van der Waals surface area contributed by atoms with Gasteiger partial charge in [0, 0.05) is 12.2 Å². The number of hydrogen-bond acceptors (Lipinski definition) is 4. The second-order valence-corrected chi connectivity index (χ2v) is 4.90. The van der Waals surface area contributed by atoms with Crippen molar-refractivity contribution in [2.24, 2.45) is 0 Å².